The first-order valence-electron chi connectivity index (χ1n) is 12.1. The zero-order valence-corrected chi connectivity index (χ0v) is 19.2. The lowest BCUT2D eigenvalue weighted by molar-refractivity contribution is -0.121. The van der Waals surface area contributed by atoms with Gasteiger partial charge in [0.25, 0.3) is 5.91 Å². The Morgan fingerprint density at radius 3 is 2.74 bits per heavy atom. The van der Waals surface area contributed by atoms with Gasteiger partial charge in [0.1, 0.15) is 12.4 Å². The Balaban J connectivity index is 1.22. The smallest absolute Gasteiger partial charge is 0.254 e. The number of rotatable bonds is 6. The van der Waals surface area contributed by atoms with Crippen molar-refractivity contribution in [2.75, 3.05) is 31.6 Å². The van der Waals surface area contributed by atoms with Crippen LogP contribution in [0.1, 0.15) is 36.0 Å². The molecular formula is C28H30N2O4. The van der Waals surface area contributed by atoms with Gasteiger partial charge in [-0.05, 0) is 54.7 Å². The predicted molar refractivity (Wildman–Crippen MR) is 132 cm³/mol. The van der Waals surface area contributed by atoms with Crippen LogP contribution in [0.2, 0.25) is 0 Å². The fraction of sp³-hybridized carbons (Fsp3) is 0.357. The van der Waals surface area contributed by atoms with Crippen LogP contribution in [-0.4, -0.2) is 49.1 Å². The van der Waals surface area contributed by atoms with Crippen LogP contribution in [0.25, 0.3) is 10.8 Å². The molecule has 176 valence electrons. The second-order valence-corrected chi connectivity index (χ2v) is 9.08. The lowest BCUT2D eigenvalue weighted by Crippen LogP contribution is -2.43. The number of ether oxygens (including phenoxy) is 2. The zero-order valence-electron chi connectivity index (χ0n) is 19.2. The maximum Gasteiger partial charge on any atom is 0.254 e. The van der Waals surface area contributed by atoms with Gasteiger partial charge in [-0.25, -0.2) is 0 Å². The summed E-state index contributed by atoms with van der Waals surface area (Å²) in [5.41, 5.74) is 1.39. The number of hydrogen-bond donors (Lipinski definition) is 1. The summed E-state index contributed by atoms with van der Waals surface area (Å²) < 4.78 is 11.5. The summed E-state index contributed by atoms with van der Waals surface area (Å²) in [4.78, 5) is 28.2. The van der Waals surface area contributed by atoms with E-state index in [-0.39, 0.29) is 23.8 Å². The fourth-order valence-corrected chi connectivity index (χ4v) is 4.83. The molecule has 2 heterocycles. The molecule has 34 heavy (non-hydrogen) atoms. The van der Waals surface area contributed by atoms with Crippen molar-refractivity contribution in [1.82, 2.24) is 4.90 Å². The second kappa shape index (κ2) is 10.3. The van der Waals surface area contributed by atoms with E-state index in [2.05, 4.69) is 5.32 Å². The maximum absolute atomic E-state index is 13.3. The van der Waals surface area contributed by atoms with Gasteiger partial charge in [0.2, 0.25) is 5.91 Å². The number of amides is 2. The lowest BCUT2D eigenvalue weighted by atomic mass is 9.95. The molecule has 0 aromatic heterocycles. The van der Waals surface area contributed by atoms with E-state index in [1.165, 1.54) is 0 Å². The zero-order chi connectivity index (χ0) is 23.3. The first kappa shape index (κ1) is 22.4. The van der Waals surface area contributed by atoms with Crippen LogP contribution in [0.4, 0.5) is 5.69 Å². The highest BCUT2D eigenvalue weighted by atomic mass is 16.5. The molecule has 2 amide bonds. The average Bonchev–Trinajstić information content (AvgIpc) is 3.41. The normalized spacial score (nSPS) is 20.3. The molecule has 2 fully saturated rings. The Kier molecular flexibility index (Phi) is 6.77. The molecule has 2 aliphatic heterocycles. The van der Waals surface area contributed by atoms with Crippen LogP contribution in [0, 0.1) is 5.92 Å². The third-order valence-corrected chi connectivity index (χ3v) is 6.66. The highest BCUT2D eigenvalue weighted by Gasteiger charge is 2.29. The number of nitrogens with zero attached hydrogens (tertiary/aromatic N) is 1. The molecule has 3 aromatic carbocycles. The summed E-state index contributed by atoms with van der Waals surface area (Å²) in [7, 11) is 0. The number of hydrogen-bond acceptors (Lipinski definition) is 4. The lowest BCUT2D eigenvalue weighted by Gasteiger charge is -2.32. The van der Waals surface area contributed by atoms with Crippen LogP contribution in [0.3, 0.4) is 0 Å². The summed E-state index contributed by atoms with van der Waals surface area (Å²) in [6.07, 6.45) is 3.81. The molecule has 3 aromatic rings. The van der Waals surface area contributed by atoms with Crippen LogP contribution in [0.5, 0.6) is 5.75 Å². The number of benzene rings is 3. The summed E-state index contributed by atoms with van der Waals surface area (Å²) >= 11 is 0. The van der Waals surface area contributed by atoms with Gasteiger partial charge in [-0.3, -0.25) is 9.59 Å². The molecule has 6 heteroatoms. The summed E-state index contributed by atoms with van der Waals surface area (Å²) in [5, 5.41) is 5.01. The summed E-state index contributed by atoms with van der Waals surface area (Å²) in [6, 6.07) is 21.2. The number of anilines is 1. The van der Waals surface area contributed by atoms with E-state index in [1.54, 1.807) is 0 Å². The monoisotopic (exact) mass is 458 g/mol. The number of fused-ring (bicyclic) bond motifs is 1. The highest BCUT2D eigenvalue weighted by molar-refractivity contribution is 6.07. The molecule has 1 N–H and O–H groups in total. The first-order chi connectivity index (χ1) is 16.7. The quantitative estimate of drug-likeness (QED) is 0.571. The molecular weight excluding hydrogens is 428 g/mol. The molecule has 0 radical (unpaired) electrons. The first-order valence-corrected chi connectivity index (χ1v) is 12.1. The van der Waals surface area contributed by atoms with E-state index in [4.69, 9.17) is 9.47 Å². The van der Waals surface area contributed by atoms with E-state index >= 15 is 0 Å². The SMILES string of the molecule is O=C(Nc1cccc(OC[C@@H]2CCCO2)c1)[C@@H]1CCCN(C(=O)c2cccc3ccccc23)C1. The molecule has 2 aliphatic rings. The van der Waals surface area contributed by atoms with Crippen molar-refractivity contribution in [1.29, 1.82) is 0 Å². The minimum atomic E-state index is -0.246. The molecule has 2 saturated heterocycles. The van der Waals surface area contributed by atoms with Crippen molar-refractivity contribution >= 4 is 28.3 Å². The minimum Gasteiger partial charge on any atom is -0.491 e. The van der Waals surface area contributed by atoms with E-state index in [0.29, 0.717) is 36.7 Å². The number of carbonyl (C=O) groups excluding carboxylic acids is 2. The Labute approximate surface area is 199 Å². The van der Waals surface area contributed by atoms with Crippen molar-refractivity contribution in [3.05, 3.63) is 72.3 Å². The van der Waals surface area contributed by atoms with Gasteiger partial charge >= 0.3 is 0 Å². The van der Waals surface area contributed by atoms with Crippen LogP contribution in [-0.2, 0) is 9.53 Å². The predicted octanol–water partition coefficient (Wildman–Crippen LogP) is 4.89. The van der Waals surface area contributed by atoms with Crippen molar-refractivity contribution in [3.63, 3.8) is 0 Å². The fourth-order valence-electron chi connectivity index (χ4n) is 4.83. The van der Waals surface area contributed by atoms with Crippen LogP contribution >= 0.6 is 0 Å². The second-order valence-electron chi connectivity index (χ2n) is 9.08. The van der Waals surface area contributed by atoms with Crippen LogP contribution < -0.4 is 10.1 Å². The van der Waals surface area contributed by atoms with Gasteiger partial charge in [0.05, 0.1) is 12.0 Å². The van der Waals surface area contributed by atoms with Gasteiger partial charge in [-0.15, -0.1) is 0 Å². The van der Waals surface area contributed by atoms with Gasteiger partial charge in [-0.1, -0.05) is 42.5 Å². The van der Waals surface area contributed by atoms with E-state index in [0.717, 1.165) is 43.1 Å². The maximum atomic E-state index is 13.3. The van der Waals surface area contributed by atoms with E-state index in [9.17, 15) is 9.59 Å². The summed E-state index contributed by atoms with van der Waals surface area (Å²) in [6.45, 7) is 2.40. The topological polar surface area (TPSA) is 67.9 Å². The van der Waals surface area contributed by atoms with Gasteiger partial charge in [0, 0.05) is 37.0 Å². The number of likely N-dealkylation sites (tertiary alicyclic amines) is 1. The Morgan fingerprint density at radius 2 is 1.85 bits per heavy atom. The Bertz CT molecular complexity index is 1170. The third kappa shape index (κ3) is 5.07. The van der Waals surface area contributed by atoms with Gasteiger partial charge < -0.3 is 19.7 Å². The van der Waals surface area contributed by atoms with E-state index in [1.807, 2.05) is 71.6 Å². The largest absolute Gasteiger partial charge is 0.491 e. The van der Waals surface area contributed by atoms with Crippen molar-refractivity contribution in [3.8, 4) is 5.75 Å². The van der Waals surface area contributed by atoms with E-state index < -0.39 is 0 Å². The molecule has 2 atom stereocenters. The molecule has 0 aliphatic carbocycles. The molecule has 0 unspecified atom stereocenters. The molecule has 0 bridgehead atoms. The Hall–Kier alpha value is -3.38. The van der Waals surface area contributed by atoms with Crippen LogP contribution in [0.15, 0.2) is 66.7 Å². The molecule has 6 nitrogen and oxygen atoms in total. The van der Waals surface area contributed by atoms with Gasteiger partial charge in [0.15, 0.2) is 0 Å². The molecule has 0 spiro atoms. The number of piperidine rings is 1. The standard InChI is InChI=1S/C28H30N2O4/c31-27(29-22-10-4-11-23(17-22)34-19-24-12-6-16-33-24)21-9-5-15-30(18-21)28(32)26-14-3-8-20-7-1-2-13-25(20)26/h1-4,7-8,10-11,13-14,17,21,24H,5-6,9,12,15-16,18-19H2,(H,29,31)/t21-,24+/m1/s1. The minimum absolute atomic E-state index is 0.0150. The third-order valence-electron chi connectivity index (χ3n) is 6.66. The molecule has 0 saturated carbocycles. The number of nitrogens with one attached hydrogen (secondary N) is 1. The van der Waals surface area contributed by atoms with Crippen molar-refractivity contribution in [2.24, 2.45) is 5.92 Å². The summed E-state index contributed by atoms with van der Waals surface area (Å²) in [5.74, 6) is 0.388. The van der Waals surface area contributed by atoms with Crippen molar-refractivity contribution in [2.45, 2.75) is 31.8 Å². The average molecular weight is 459 g/mol. The number of carbonyl (C=O) groups is 2. The van der Waals surface area contributed by atoms with Crippen molar-refractivity contribution < 1.29 is 19.1 Å². The van der Waals surface area contributed by atoms with Gasteiger partial charge in [-0.2, -0.15) is 0 Å². The Morgan fingerprint density at radius 1 is 1.00 bits per heavy atom. The highest BCUT2D eigenvalue weighted by Crippen LogP contribution is 2.25. The molecule has 5 rings (SSSR count).